The number of benzene rings is 1. The van der Waals surface area contributed by atoms with Crippen LogP contribution < -0.4 is 5.32 Å². The van der Waals surface area contributed by atoms with Crippen LogP contribution in [-0.4, -0.2) is 35.1 Å². The molecule has 1 aromatic heterocycles. The zero-order chi connectivity index (χ0) is 16.8. The maximum atomic E-state index is 13.0. The fraction of sp³-hybridized carbons (Fsp3) is 0.471. The summed E-state index contributed by atoms with van der Waals surface area (Å²) in [6.07, 6.45) is -0.135. The second-order valence-corrected chi connectivity index (χ2v) is 5.50. The second kappa shape index (κ2) is 8.19. The van der Waals surface area contributed by atoms with Gasteiger partial charge in [-0.25, -0.2) is 4.39 Å². The van der Waals surface area contributed by atoms with Gasteiger partial charge in [-0.1, -0.05) is 12.1 Å². The first-order chi connectivity index (χ1) is 11.1. The van der Waals surface area contributed by atoms with Crippen molar-refractivity contribution < 1.29 is 14.2 Å². The van der Waals surface area contributed by atoms with Crippen LogP contribution in [0.15, 0.2) is 24.3 Å². The van der Waals surface area contributed by atoms with Crippen LogP contribution in [0.3, 0.4) is 0 Å². The van der Waals surface area contributed by atoms with Gasteiger partial charge in [0.1, 0.15) is 5.82 Å². The van der Waals surface area contributed by atoms with Crippen LogP contribution in [0.5, 0.6) is 0 Å². The van der Waals surface area contributed by atoms with Crippen molar-refractivity contribution in [3.63, 3.8) is 0 Å². The molecular weight excluding hydrogens is 297 g/mol. The molecule has 5 nitrogen and oxygen atoms in total. The van der Waals surface area contributed by atoms with E-state index in [-0.39, 0.29) is 18.5 Å². The standard InChI is InChI=1S/C17H24FN3O2/c1-12-16(13(2)21(20-12)8-9-22)10-19-11-17(23-3)14-4-6-15(18)7-5-14/h4-7,17,19,22H,8-11H2,1-3H3. The van der Waals surface area contributed by atoms with E-state index in [1.54, 1.807) is 19.2 Å². The molecule has 6 heteroatoms. The van der Waals surface area contributed by atoms with Gasteiger partial charge in [-0.05, 0) is 31.5 Å². The normalized spacial score (nSPS) is 12.6. The van der Waals surface area contributed by atoms with E-state index in [2.05, 4.69) is 10.4 Å². The third kappa shape index (κ3) is 4.37. The summed E-state index contributed by atoms with van der Waals surface area (Å²) in [7, 11) is 1.64. The Hall–Kier alpha value is -1.76. The molecule has 23 heavy (non-hydrogen) atoms. The summed E-state index contributed by atoms with van der Waals surface area (Å²) in [5, 5.41) is 16.8. The minimum absolute atomic E-state index is 0.0745. The third-order valence-electron chi connectivity index (χ3n) is 4.00. The van der Waals surface area contributed by atoms with Crippen LogP contribution in [0.4, 0.5) is 4.39 Å². The lowest BCUT2D eigenvalue weighted by molar-refractivity contribution is 0.102. The summed E-state index contributed by atoms with van der Waals surface area (Å²) in [6, 6.07) is 6.35. The Kier molecular flexibility index (Phi) is 6.27. The molecule has 1 aromatic carbocycles. The summed E-state index contributed by atoms with van der Waals surface area (Å²) in [5.41, 5.74) is 4.08. The molecule has 0 aliphatic heterocycles. The lowest BCUT2D eigenvalue weighted by Gasteiger charge is -2.16. The van der Waals surface area contributed by atoms with E-state index in [1.165, 1.54) is 12.1 Å². The number of aromatic nitrogens is 2. The predicted octanol–water partition coefficient (Wildman–Crippen LogP) is 2.11. The molecule has 126 valence electrons. The molecular formula is C17H24FN3O2. The summed E-state index contributed by atoms with van der Waals surface area (Å²) >= 11 is 0. The van der Waals surface area contributed by atoms with Gasteiger partial charge in [-0.2, -0.15) is 5.10 Å². The zero-order valence-electron chi connectivity index (χ0n) is 13.8. The van der Waals surface area contributed by atoms with Crippen molar-refractivity contribution in [1.29, 1.82) is 0 Å². The molecule has 0 spiro atoms. The van der Waals surface area contributed by atoms with Crippen molar-refractivity contribution in [2.75, 3.05) is 20.3 Å². The maximum Gasteiger partial charge on any atom is 0.123 e. The number of nitrogens with zero attached hydrogens (tertiary/aromatic N) is 2. The smallest absolute Gasteiger partial charge is 0.123 e. The first-order valence-corrected chi connectivity index (χ1v) is 7.69. The van der Waals surface area contributed by atoms with Gasteiger partial charge >= 0.3 is 0 Å². The van der Waals surface area contributed by atoms with E-state index >= 15 is 0 Å². The van der Waals surface area contributed by atoms with Gasteiger partial charge < -0.3 is 15.2 Å². The van der Waals surface area contributed by atoms with Crippen LogP contribution in [-0.2, 0) is 17.8 Å². The minimum atomic E-state index is -0.251. The number of methoxy groups -OCH3 is 1. The monoisotopic (exact) mass is 321 g/mol. The van der Waals surface area contributed by atoms with Crippen LogP contribution >= 0.6 is 0 Å². The van der Waals surface area contributed by atoms with Crippen LogP contribution in [0, 0.1) is 19.7 Å². The SMILES string of the molecule is COC(CNCc1c(C)nn(CCO)c1C)c1ccc(F)cc1. The molecule has 0 saturated carbocycles. The van der Waals surface area contributed by atoms with E-state index in [4.69, 9.17) is 9.84 Å². The van der Waals surface area contributed by atoms with Crippen molar-refractivity contribution in [2.45, 2.75) is 33.0 Å². The Labute approximate surface area is 136 Å². The molecule has 2 N–H and O–H groups in total. The van der Waals surface area contributed by atoms with Gasteiger partial charge in [0.15, 0.2) is 0 Å². The van der Waals surface area contributed by atoms with Crippen molar-refractivity contribution in [1.82, 2.24) is 15.1 Å². The van der Waals surface area contributed by atoms with Crippen molar-refractivity contribution in [3.05, 3.63) is 52.6 Å². The molecule has 2 aromatic rings. The third-order valence-corrected chi connectivity index (χ3v) is 4.00. The van der Waals surface area contributed by atoms with E-state index in [0.717, 1.165) is 22.5 Å². The van der Waals surface area contributed by atoms with Gasteiger partial charge in [0.05, 0.1) is 24.9 Å². The van der Waals surface area contributed by atoms with Gasteiger partial charge in [0.25, 0.3) is 0 Å². The number of rotatable bonds is 8. The average Bonchev–Trinajstić information content (AvgIpc) is 2.80. The Balaban J connectivity index is 1.97. The number of aliphatic hydroxyl groups excluding tert-OH is 1. The highest BCUT2D eigenvalue weighted by Crippen LogP contribution is 2.17. The van der Waals surface area contributed by atoms with Crippen LogP contribution in [0.2, 0.25) is 0 Å². The number of aliphatic hydroxyl groups is 1. The molecule has 1 atom stereocenters. The molecule has 1 unspecified atom stereocenters. The fourth-order valence-corrected chi connectivity index (χ4v) is 2.65. The first kappa shape index (κ1) is 17.6. The van der Waals surface area contributed by atoms with Gasteiger partial charge in [-0.3, -0.25) is 4.68 Å². The highest BCUT2D eigenvalue weighted by atomic mass is 19.1. The molecule has 0 aliphatic rings. The van der Waals surface area contributed by atoms with Gasteiger partial charge in [0.2, 0.25) is 0 Å². The van der Waals surface area contributed by atoms with Gasteiger partial charge in [0, 0.05) is 31.5 Å². The summed E-state index contributed by atoms with van der Waals surface area (Å²) in [5.74, 6) is -0.251. The molecule has 1 heterocycles. The number of ether oxygens (including phenoxy) is 1. The molecule has 0 fully saturated rings. The molecule has 0 saturated heterocycles. The summed E-state index contributed by atoms with van der Waals surface area (Å²) in [4.78, 5) is 0. The zero-order valence-corrected chi connectivity index (χ0v) is 13.8. The Morgan fingerprint density at radius 1 is 1.30 bits per heavy atom. The van der Waals surface area contributed by atoms with Crippen molar-refractivity contribution in [2.24, 2.45) is 0 Å². The number of nitrogens with one attached hydrogen (secondary N) is 1. The highest BCUT2D eigenvalue weighted by molar-refractivity contribution is 5.24. The number of hydrogen-bond donors (Lipinski definition) is 2. The first-order valence-electron chi connectivity index (χ1n) is 7.69. The van der Waals surface area contributed by atoms with Crippen LogP contribution in [0.1, 0.15) is 28.6 Å². The Morgan fingerprint density at radius 2 is 2.00 bits per heavy atom. The Morgan fingerprint density at radius 3 is 2.61 bits per heavy atom. The number of hydrogen-bond acceptors (Lipinski definition) is 4. The van der Waals surface area contributed by atoms with Crippen molar-refractivity contribution in [3.8, 4) is 0 Å². The Bertz CT molecular complexity index is 626. The minimum Gasteiger partial charge on any atom is -0.394 e. The quantitative estimate of drug-likeness (QED) is 0.782. The van der Waals surface area contributed by atoms with Crippen LogP contribution in [0.25, 0.3) is 0 Å². The van der Waals surface area contributed by atoms with E-state index in [9.17, 15) is 4.39 Å². The highest BCUT2D eigenvalue weighted by Gasteiger charge is 2.13. The molecule has 0 bridgehead atoms. The summed E-state index contributed by atoms with van der Waals surface area (Å²) < 4.78 is 20.3. The van der Waals surface area contributed by atoms with E-state index < -0.39 is 0 Å². The van der Waals surface area contributed by atoms with Crippen molar-refractivity contribution >= 4 is 0 Å². The molecule has 0 aliphatic carbocycles. The summed E-state index contributed by atoms with van der Waals surface area (Å²) in [6.45, 7) is 5.83. The number of halogens is 1. The number of aryl methyl sites for hydroxylation is 1. The fourth-order valence-electron chi connectivity index (χ4n) is 2.65. The van der Waals surface area contributed by atoms with Gasteiger partial charge in [-0.15, -0.1) is 0 Å². The topological polar surface area (TPSA) is 59.3 Å². The predicted molar refractivity (Wildman–Crippen MR) is 86.6 cm³/mol. The lowest BCUT2D eigenvalue weighted by atomic mass is 10.1. The van der Waals surface area contributed by atoms with E-state index in [1.807, 2.05) is 18.5 Å². The maximum absolute atomic E-state index is 13.0. The lowest BCUT2D eigenvalue weighted by Crippen LogP contribution is -2.23. The molecule has 0 radical (unpaired) electrons. The second-order valence-electron chi connectivity index (χ2n) is 5.50. The van der Waals surface area contributed by atoms with E-state index in [0.29, 0.717) is 19.6 Å². The average molecular weight is 321 g/mol. The largest absolute Gasteiger partial charge is 0.394 e. The molecule has 0 amide bonds. The molecule has 2 rings (SSSR count).